The maximum atomic E-state index is 9.58. The van der Waals surface area contributed by atoms with Gasteiger partial charge in [-0.05, 0) is 13.0 Å². The fourth-order valence-electron chi connectivity index (χ4n) is 1.72. The SMILES string of the molecule is Cc1nccn1CCNCc1ccccc1O. The predicted octanol–water partition coefficient (Wildman–Crippen LogP) is 1.69. The first-order valence-electron chi connectivity index (χ1n) is 5.72. The molecule has 2 N–H and O–H groups in total. The van der Waals surface area contributed by atoms with Crippen molar-refractivity contribution in [3.05, 3.63) is 48.0 Å². The average molecular weight is 231 g/mol. The van der Waals surface area contributed by atoms with Crippen molar-refractivity contribution < 1.29 is 5.11 Å². The van der Waals surface area contributed by atoms with Crippen LogP contribution in [0.1, 0.15) is 11.4 Å². The Hall–Kier alpha value is -1.81. The lowest BCUT2D eigenvalue weighted by Gasteiger charge is -2.08. The zero-order chi connectivity index (χ0) is 12.1. The minimum absolute atomic E-state index is 0.346. The summed E-state index contributed by atoms with van der Waals surface area (Å²) in [7, 11) is 0. The van der Waals surface area contributed by atoms with E-state index in [-0.39, 0.29) is 0 Å². The molecule has 2 aromatic rings. The van der Waals surface area contributed by atoms with Crippen molar-refractivity contribution in [3.8, 4) is 5.75 Å². The summed E-state index contributed by atoms with van der Waals surface area (Å²) >= 11 is 0. The Morgan fingerprint density at radius 2 is 2.18 bits per heavy atom. The lowest BCUT2D eigenvalue weighted by atomic mass is 10.2. The van der Waals surface area contributed by atoms with Crippen molar-refractivity contribution in [1.82, 2.24) is 14.9 Å². The largest absolute Gasteiger partial charge is 0.508 e. The van der Waals surface area contributed by atoms with Crippen LogP contribution in [0.25, 0.3) is 0 Å². The fourth-order valence-corrected chi connectivity index (χ4v) is 1.72. The summed E-state index contributed by atoms with van der Waals surface area (Å²) in [5, 5.41) is 12.9. The van der Waals surface area contributed by atoms with Gasteiger partial charge in [-0.25, -0.2) is 4.98 Å². The number of nitrogens with zero attached hydrogens (tertiary/aromatic N) is 2. The second kappa shape index (κ2) is 5.50. The molecule has 0 saturated carbocycles. The van der Waals surface area contributed by atoms with E-state index in [0.29, 0.717) is 12.3 Å². The molecule has 2 rings (SSSR count). The van der Waals surface area contributed by atoms with Gasteiger partial charge in [-0.1, -0.05) is 18.2 Å². The highest BCUT2D eigenvalue weighted by Crippen LogP contribution is 2.14. The second-order valence-electron chi connectivity index (χ2n) is 3.97. The van der Waals surface area contributed by atoms with Gasteiger partial charge < -0.3 is 15.0 Å². The number of nitrogens with one attached hydrogen (secondary N) is 1. The number of hydrogen-bond donors (Lipinski definition) is 2. The number of aromatic nitrogens is 2. The van der Waals surface area contributed by atoms with Gasteiger partial charge in [-0.2, -0.15) is 0 Å². The summed E-state index contributed by atoms with van der Waals surface area (Å²) in [6.07, 6.45) is 3.77. The van der Waals surface area contributed by atoms with Crippen LogP contribution in [0.5, 0.6) is 5.75 Å². The molecule has 0 radical (unpaired) electrons. The van der Waals surface area contributed by atoms with E-state index in [1.165, 1.54) is 0 Å². The number of aryl methyl sites for hydroxylation is 1. The van der Waals surface area contributed by atoms with E-state index in [1.807, 2.05) is 31.3 Å². The van der Waals surface area contributed by atoms with E-state index in [0.717, 1.165) is 24.5 Å². The molecule has 0 bridgehead atoms. The molecule has 4 heteroatoms. The van der Waals surface area contributed by atoms with Crippen molar-refractivity contribution in [3.63, 3.8) is 0 Å². The molecule has 0 saturated heterocycles. The van der Waals surface area contributed by atoms with Gasteiger partial charge in [0.2, 0.25) is 0 Å². The van der Waals surface area contributed by atoms with Gasteiger partial charge in [0.25, 0.3) is 0 Å². The molecule has 0 aliphatic carbocycles. The molecule has 0 unspecified atom stereocenters. The second-order valence-corrected chi connectivity index (χ2v) is 3.97. The van der Waals surface area contributed by atoms with E-state index in [4.69, 9.17) is 0 Å². The zero-order valence-electron chi connectivity index (χ0n) is 9.93. The molecular weight excluding hydrogens is 214 g/mol. The molecular formula is C13H17N3O. The van der Waals surface area contributed by atoms with E-state index >= 15 is 0 Å². The van der Waals surface area contributed by atoms with Crippen LogP contribution in [0.3, 0.4) is 0 Å². The molecule has 17 heavy (non-hydrogen) atoms. The van der Waals surface area contributed by atoms with Crippen molar-refractivity contribution in [2.75, 3.05) is 6.54 Å². The van der Waals surface area contributed by atoms with Gasteiger partial charge >= 0.3 is 0 Å². The lowest BCUT2D eigenvalue weighted by Crippen LogP contribution is -2.19. The summed E-state index contributed by atoms with van der Waals surface area (Å²) in [5.74, 6) is 1.37. The van der Waals surface area contributed by atoms with Gasteiger partial charge in [0.05, 0.1) is 0 Å². The van der Waals surface area contributed by atoms with Crippen LogP contribution in [0.2, 0.25) is 0 Å². The third-order valence-corrected chi connectivity index (χ3v) is 2.76. The summed E-state index contributed by atoms with van der Waals surface area (Å²) in [6.45, 7) is 4.41. The average Bonchev–Trinajstić information content (AvgIpc) is 2.73. The van der Waals surface area contributed by atoms with Crippen LogP contribution in [0, 0.1) is 6.92 Å². The maximum absolute atomic E-state index is 9.58. The van der Waals surface area contributed by atoms with Crippen molar-refractivity contribution in [1.29, 1.82) is 0 Å². The molecule has 0 atom stereocenters. The van der Waals surface area contributed by atoms with Crippen LogP contribution in [-0.2, 0) is 13.1 Å². The number of imidazole rings is 1. The Morgan fingerprint density at radius 1 is 1.35 bits per heavy atom. The van der Waals surface area contributed by atoms with E-state index < -0.39 is 0 Å². The molecule has 0 aliphatic heterocycles. The first kappa shape index (κ1) is 11.7. The van der Waals surface area contributed by atoms with Crippen molar-refractivity contribution in [2.45, 2.75) is 20.0 Å². The van der Waals surface area contributed by atoms with E-state index in [1.54, 1.807) is 12.3 Å². The topological polar surface area (TPSA) is 50.1 Å². The Bertz CT molecular complexity index is 479. The monoisotopic (exact) mass is 231 g/mol. The smallest absolute Gasteiger partial charge is 0.120 e. The minimum atomic E-state index is 0.346. The maximum Gasteiger partial charge on any atom is 0.120 e. The number of aromatic hydroxyl groups is 1. The standard InChI is InChI=1S/C13H17N3O/c1-11-15-7-9-16(11)8-6-14-10-12-4-2-3-5-13(12)17/h2-5,7,9,14,17H,6,8,10H2,1H3. The summed E-state index contributed by atoms with van der Waals surface area (Å²) in [4.78, 5) is 4.16. The summed E-state index contributed by atoms with van der Waals surface area (Å²) in [5.41, 5.74) is 0.926. The number of rotatable bonds is 5. The highest BCUT2D eigenvalue weighted by Gasteiger charge is 1.99. The highest BCUT2D eigenvalue weighted by molar-refractivity contribution is 5.31. The van der Waals surface area contributed by atoms with Crippen molar-refractivity contribution >= 4 is 0 Å². The van der Waals surface area contributed by atoms with Crippen LogP contribution in [0.15, 0.2) is 36.7 Å². The van der Waals surface area contributed by atoms with Gasteiger partial charge in [0.15, 0.2) is 0 Å². The Morgan fingerprint density at radius 3 is 2.88 bits per heavy atom. The van der Waals surface area contributed by atoms with Gasteiger partial charge in [0, 0.05) is 37.6 Å². The first-order valence-corrected chi connectivity index (χ1v) is 5.72. The summed E-state index contributed by atoms with van der Waals surface area (Å²) < 4.78 is 2.10. The number of phenolic OH excluding ortho intramolecular Hbond substituents is 1. The Labute approximate surface area is 101 Å². The number of hydrogen-bond acceptors (Lipinski definition) is 3. The quantitative estimate of drug-likeness (QED) is 0.770. The van der Waals surface area contributed by atoms with Crippen LogP contribution in [-0.4, -0.2) is 21.2 Å². The van der Waals surface area contributed by atoms with Gasteiger partial charge in [-0.15, -0.1) is 0 Å². The highest BCUT2D eigenvalue weighted by atomic mass is 16.3. The zero-order valence-corrected chi connectivity index (χ0v) is 9.93. The molecule has 0 spiro atoms. The normalized spacial score (nSPS) is 10.6. The number of benzene rings is 1. The fraction of sp³-hybridized carbons (Fsp3) is 0.308. The third-order valence-electron chi connectivity index (χ3n) is 2.76. The third kappa shape index (κ3) is 3.07. The van der Waals surface area contributed by atoms with E-state index in [2.05, 4.69) is 14.9 Å². The van der Waals surface area contributed by atoms with Crippen LogP contribution < -0.4 is 5.32 Å². The molecule has 0 amide bonds. The van der Waals surface area contributed by atoms with Gasteiger partial charge in [-0.3, -0.25) is 0 Å². The minimum Gasteiger partial charge on any atom is -0.508 e. The molecule has 0 aliphatic rings. The summed E-state index contributed by atoms with van der Waals surface area (Å²) in [6, 6.07) is 7.38. The van der Waals surface area contributed by atoms with Gasteiger partial charge in [0.1, 0.15) is 11.6 Å². The Balaban J connectivity index is 1.77. The predicted molar refractivity (Wildman–Crippen MR) is 66.8 cm³/mol. The van der Waals surface area contributed by atoms with Crippen LogP contribution >= 0.6 is 0 Å². The molecule has 90 valence electrons. The van der Waals surface area contributed by atoms with Crippen molar-refractivity contribution in [2.24, 2.45) is 0 Å². The molecule has 0 fully saturated rings. The van der Waals surface area contributed by atoms with Crippen LogP contribution in [0.4, 0.5) is 0 Å². The molecule has 1 aromatic carbocycles. The number of para-hydroxylation sites is 1. The number of phenols is 1. The lowest BCUT2D eigenvalue weighted by molar-refractivity contribution is 0.463. The van der Waals surface area contributed by atoms with E-state index in [9.17, 15) is 5.11 Å². The first-order chi connectivity index (χ1) is 8.27. The Kier molecular flexibility index (Phi) is 3.77. The molecule has 1 aromatic heterocycles. The molecule has 4 nitrogen and oxygen atoms in total. The molecule has 1 heterocycles.